The molecule has 0 radical (unpaired) electrons. The smallest absolute Gasteiger partial charge is 0.0275 e. The van der Waals surface area contributed by atoms with E-state index in [-0.39, 0.29) is 0 Å². The summed E-state index contributed by atoms with van der Waals surface area (Å²) in [5.41, 5.74) is 0. The predicted molar refractivity (Wildman–Crippen MR) is 49.1 cm³/mol. The highest BCUT2D eigenvalue weighted by atomic mass is 32.2. The fourth-order valence-corrected chi connectivity index (χ4v) is 2.86. The third-order valence-electron chi connectivity index (χ3n) is 1.99. The maximum atomic E-state index is 11.0. The summed E-state index contributed by atoms with van der Waals surface area (Å²) in [5.74, 6) is 2.50. The maximum absolute atomic E-state index is 11.0. The number of rotatable bonds is 3. The van der Waals surface area contributed by atoms with Gasteiger partial charge < -0.3 is 5.32 Å². The zero-order valence-electron chi connectivity index (χ0n) is 7.30. The lowest BCUT2D eigenvalue weighted by atomic mass is 10.1. The van der Waals surface area contributed by atoms with Gasteiger partial charge in [-0.05, 0) is 18.9 Å². The Morgan fingerprint density at radius 3 is 2.82 bits per heavy atom. The van der Waals surface area contributed by atoms with Crippen molar-refractivity contribution in [2.45, 2.75) is 26.3 Å². The molecule has 1 saturated heterocycles. The van der Waals surface area contributed by atoms with Gasteiger partial charge in [0.25, 0.3) is 0 Å². The van der Waals surface area contributed by atoms with Gasteiger partial charge in [0.05, 0.1) is 0 Å². The van der Waals surface area contributed by atoms with E-state index in [1.165, 1.54) is 0 Å². The fraction of sp³-hybridized carbons (Fsp3) is 1.00. The van der Waals surface area contributed by atoms with Crippen LogP contribution >= 0.6 is 0 Å². The third-order valence-corrected chi connectivity index (χ3v) is 3.52. The van der Waals surface area contributed by atoms with Crippen LogP contribution in [0.15, 0.2) is 0 Å². The van der Waals surface area contributed by atoms with Crippen LogP contribution in [0.2, 0.25) is 0 Å². The van der Waals surface area contributed by atoms with Crippen molar-refractivity contribution in [1.29, 1.82) is 0 Å². The fourth-order valence-electron chi connectivity index (χ4n) is 1.29. The van der Waals surface area contributed by atoms with Crippen LogP contribution in [-0.4, -0.2) is 28.3 Å². The van der Waals surface area contributed by atoms with Gasteiger partial charge in [0.15, 0.2) is 0 Å². The van der Waals surface area contributed by atoms with Gasteiger partial charge in [-0.25, -0.2) is 0 Å². The molecule has 1 N–H and O–H groups in total. The molecule has 1 fully saturated rings. The number of hydrogen-bond acceptors (Lipinski definition) is 2. The second-order valence-corrected chi connectivity index (χ2v) is 5.15. The average molecular weight is 175 g/mol. The van der Waals surface area contributed by atoms with Gasteiger partial charge in [0, 0.05) is 28.3 Å². The van der Waals surface area contributed by atoms with E-state index >= 15 is 0 Å². The Labute approximate surface area is 71.2 Å². The van der Waals surface area contributed by atoms with Gasteiger partial charge in [-0.3, -0.25) is 4.21 Å². The molecule has 2 unspecified atom stereocenters. The largest absolute Gasteiger partial charge is 0.314 e. The van der Waals surface area contributed by atoms with Gasteiger partial charge in [0.2, 0.25) is 0 Å². The van der Waals surface area contributed by atoms with Crippen LogP contribution in [0.3, 0.4) is 0 Å². The molecular weight excluding hydrogens is 158 g/mol. The van der Waals surface area contributed by atoms with Crippen LogP contribution in [0.4, 0.5) is 0 Å². The molecule has 66 valence electrons. The van der Waals surface area contributed by atoms with Crippen molar-refractivity contribution in [3.8, 4) is 0 Å². The molecule has 0 aromatic rings. The van der Waals surface area contributed by atoms with Crippen molar-refractivity contribution in [3.63, 3.8) is 0 Å². The molecule has 0 spiro atoms. The summed E-state index contributed by atoms with van der Waals surface area (Å²) in [4.78, 5) is 0. The summed E-state index contributed by atoms with van der Waals surface area (Å²) in [5, 5.41) is 3.37. The first-order valence-corrected chi connectivity index (χ1v) is 5.75. The van der Waals surface area contributed by atoms with E-state index in [4.69, 9.17) is 0 Å². The lowest BCUT2D eigenvalue weighted by Crippen LogP contribution is -2.29. The maximum Gasteiger partial charge on any atom is 0.0275 e. The summed E-state index contributed by atoms with van der Waals surface area (Å²) < 4.78 is 11.0. The highest BCUT2D eigenvalue weighted by molar-refractivity contribution is 7.85. The van der Waals surface area contributed by atoms with Crippen LogP contribution < -0.4 is 5.32 Å². The Kier molecular flexibility index (Phi) is 3.52. The van der Waals surface area contributed by atoms with Crippen molar-refractivity contribution in [2.24, 2.45) is 5.92 Å². The first-order chi connectivity index (χ1) is 5.18. The highest BCUT2D eigenvalue weighted by Gasteiger charge is 2.20. The Hall–Kier alpha value is 0.110. The van der Waals surface area contributed by atoms with E-state index in [0.29, 0.717) is 12.0 Å². The molecule has 0 aromatic carbocycles. The van der Waals surface area contributed by atoms with Gasteiger partial charge in [-0.1, -0.05) is 13.8 Å². The summed E-state index contributed by atoms with van der Waals surface area (Å²) in [6, 6.07) is 0.559. The van der Waals surface area contributed by atoms with E-state index in [9.17, 15) is 4.21 Å². The van der Waals surface area contributed by atoms with E-state index in [2.05, 4.69) is 19.2 Å². The Balaban J connectivity index is 2.13. The van der Waals surface area contributed by atoms with Crippen LogP contribution in [0, 0.1) is 5.92 Å². The van der Waals surface area contributed by atoms with Gasteiger partial charge in [-0.2, -0.15) is 0 Å². The van der Waals surface area contributed by atoms with Crippen molar-refractivity contribution in [1.82, 2.24) is 5.32 Å². The van der Waals surface area contributed by atoms with E-state index in [1.807, 2.05) is 0 Å². The number of hydrogen-bond donors (Lipinski definition) is 1. The molecule has 2 nitrogen and oxygen atoms in total. The van der Waals surface area contributed by atoms with Gasteiger partial charge in [0.1, 0.15) is 0 Å². The SMILES string of the molecule is CC(C)NCC1CCS(=O)C1. The minimum absolute atomic E-state index is 0.508. The second kappa shape index (κ2) is 4.21. The molecule has 0 aromatic heterocycles. The quantitative estimate of drug-likeness (QED) is 0.686. The molecule has 0 bridgehead atoms. The molecule has 1 rings (SSSR count). The minimum atomic E-state index is -0.508. The summed E-state index contributed by atoms with van der Waals surface area (Å²) in [6.07, 6.45) is 1.15. The molecule has 1 heterocycles. The Morgan fingerprint density at radius 2 is 2.36 bits per heavy atom. The normalized spacial score (nSPS) is 31.5. The van der Waals surface area contributed by atoms with Crippen molar-refractivity contribution in [3.05, 3.63) is 0 Å². The predicted octanol–water partition coefficient (Wildman–Crippen LogP) is 0.753. The molecule has 0 amide bonds. The minimum Gasteiger partial charge on any atom is -0.314 e. The zero-order valence-corrected chi connectivity index (χ0v) is 8.12. The summed E-state index contributed by atoms with van der Waals surface area (Å²) >= 11 is 0. The van der Waals surface area contributed by atoms with Crippen molar-refractivity contribution in [2.75, 3.05) is 18.1 Å². The zero-order chi connectivity index (χ0) is 8.27. The molecule has 2 atom stereocenters. The Morgan fingerprint density at radius 1 is 1.64 bits per heavy atom. The van der Waals surface area contributed by atoms with Gasteiger partial charge in [-0.15, -0.1) is 0 Å². The molecule has 3 heteroatoms. The van der Waals surface area contributed by atoms with Gasteiger partial charge >= 0.3 is 0 Å². The van der Waals surface area contributed by atoms with E-state index < -0.39 is 10.8 Å². The van der Waals surface area contributed by atoms with Crippen molar-refractivity contribution < 1.29 is 4.21 Å². The molecule has 1 aliphatic rings. The lowest BCUT2D eigenvalue weighted by Gasteiger charge is -2.11. The summed E-state index contributed by atoms with van der Waals surface area (Å²) in [7, 11) is -0.508. The second-order valence-electron chi connectivity index (χ2n) is 3.53. The molecule has 0 saturated carbocycles. The molecule has 0 aliphatic carbocycles. The van der Waals surface area contributed by atoms with E-state index in [1.54, 1.807) is 0 Å². The van der Waals surface area contributed by atoms with Crippen LogP contribution in [0.25, 0.3) is 0 Å². The monoisotopic (exact) mass is 175 g/mol. The molecule has 1 aliphatic heterocycles. The van der Waals surface area contributed by atoms with Crippen LogP contribution in [0.5, 0.6) is 0 Å². The first kappa shape index (κ1) is 9.20. The van der Waals surface area contributed by atoms with E-state index in [0.717, 1.165) is 24.5 Å². The molecular formula is C8H17NOS. The van der Waals surface area contributed by atoms with Crippen molar-refractivity contribution >= 4 is 10.8 Å². The summed E-state index contributed by atoms with van der Waals surface area (Å²) in [6.45, 7) is 5.33. The van der Waals surface area contributed by atoms with Crippen LogP contribution in [-0.2, 0) is 10.8 Å². The van der Waals surface area contributed by atoms with Crippen LogP contribution in [0.1, 0.15) is 20.3 Å². The number of nitrogens with one attached hydrogen (secondary N) is 1. The average Bonchev–Trinajstić information content (AvgIpc) is 2.31. The standard InChI is InChI=1S/C8H17NOS/c1-7(2)9-5-8-3-4-11(10)6-8/h7-9H,3-6H2,1-2H3. The lowest BCUT2D eigenvalue weighted by molar-refractivity contribution is 0.485. The highest BCUT2D eigenvalue weighted by Crippen LogP contribution is 2.13. The third kappa shape index (κ3) is 3.34. The topological polar surface area (TPSA) is 29.1 Å². The molecule has 11 heavy (non-hydrogen) atoms. The first-order valence-electron chi connectivity index (χ1n) is 4.27. The Bertz CT molecular complexity index is 147.